The number of hydrogen-bond donors (Lipinski definition) is 2. The fourth-order valence-electron chi connectivity index (χ4n) is 4.18. The molecule has 3 N–H and O–H groups in total. The van der Waals surface area contributed by atoms with Crippen LogP contribution in [0.15, 0.2) is 17.1 Å². The van der Waals surface area contributed by atoms with Crippen LogP contribution >= 0.6 is 0 Å². The van der Waals surface area contributed by atoms with Gasteiger partial charge in [-0.3, -0.25) is 0 Å². The van der Waals surface area contributed by atoms with E-state index in [1.807, 2.05) is 6.92 Å². The second-order valence-corrected chi connectivity index (χ2v) is 7.61. The maximum Gasteiger partial charge on any atom is 0.189 e. The Morgan fingerprint density at radius 1 is 1.36 bits per heavy atom. The van der Waals surface area contributed by atoms with Crippen LogP contribution in [0.4, 0.5) is 0 Å². The summed E-state index contributed by atoms with van der Waals surface area (Å²) in [5.41, 5.74) is 8.59. The summed E-state index contributed by atoms with van der Waals surface area (Å²) in [7, 11) is 0. The van der Waals surface area contributed by atoms with Gasteiger partial charge in [-0.1, -0.05) is 12.8 Å². The summed E-state index contributed by atoms with van der Waals surface area (Å²) in [4.78, 5) is 4.71. The standard InChI is InChI=1S/C20H29N3O2/c1-3-24-19-9-13-8-12(2)25-18(13)11-16(19)15-10-17(15)23-20(21)22-14-6-4-5-7-14/h9,11-12,14-15,17H,3-8,10H2,1-2H3,(H3,21,22,23). The van der Waals surface area contributed by atoms with Gasteiger partial charge in [0.1, 0.15) is 17.6 Å². The SMILES string of the molecule is CCOc1cc2c(cc1C1CC1N=C(N)NC1CCCC1)OC(C)C2. The zero-order valence-corrected chi connectivity index (χ0v) is 15.3. The lowest BCUT2D eigenvalue weighted by atomic mass is 10.0. The molecule has 0 radical (unpaired) electrons. The number of nitrogens with two attached hydrogens (primary N) is 1. The minimum absolute atomic E-state index is 0.249. The van der Waals surface area contributed by atoms with Crippen molar-refractivity contribution < 1.29 is 9.47 Å². The van der Waals surface area contributed by atoms with E-state index in [-0.39, 0.29) is 12.1 Å². The highest BCUT2D eigenvalue weighted by Gasteiger charge is 2.41. The lowest BCUT2D eigenvalue weighted by Gasteiger charge is -2.13. The molecule has 1 aromatic rings. The number of nitrogens with one attached hydrogen (secondary N) is 1. The Hall–Kier alpha value is -1.91. The Balaban J connectivity index is 1.48. The zero-order chi connectivity index (χ0) is 17.4. The van der Waals surface area contributed by atoms with Crippen LogP contribution < -0.4 is 20.5 Å². The number of hydrogen-bond acceptors (Lipinski definition) is 3. The molecule has 2 aliphatic carbocycles. The average Bonchev–Trinajstić information content (AvgIpc) is 2.96. The molecule has 1 aromatic carbocycles. The van der Waals surface area contributed by atoms with Crippen LogP contribution in [0.2, 0.25) is 0 Å². The smallest absolute Gasteiger partial charge is 0.189 e. The molecule has 3 unspecified atom stereocenters. The van der Waals surface area contributed by atoms with Crippen LogP contribution in [0.1, 0.15) is 63.0 Å². The first-order valence-electron chi connectivity index (χ1n) is 9.70. The molecule has 1 heterocycles. The molecular formula is C20H29N3O2. The first kappa shape index (κ1) is 16.6. The number of benzene rings is 1. The molecule has 5 heteroatoms. The minimum atomic E-state index is 0.249. The Labute approximate surface area is 150 Å². The monoisotopic (exact) mass is 343 g/mol. The average molecular weight is 343 g/mol. The third kappa shape index (κ3) is 3.55. The first-order valence-corrected chi connectivity index (χ1v) is 9.70. The first-order chi connectivity index (χ1) is 12.1. The van der Waals surface area contributed by atoms with Crippen molar-refractivity contribution in [3.63, 3.8) is 0 Å². The van der Waals surface area contributed by atoms with Crippen LogP contribution in [-0.4, -0.2) is 30.8 Å². The van der Waals surface area contributed by atoms with E-state index in [9.17, 15) is 0 Å². The second kappa shape index (κ2) is 6.77. The number of ether oxygens (including phenoxy) is 2. The molecule has 0 bridgehead atoms. The van der Waals surface area contributed by atoms with E-state index < -0.39 is 0 Å². The van der Waals surface area contributed by atoms with Crippen LogP contribution in [0, 0.1) is 0 Å². The summed E-state index contributed by atoms with van der Waals surface area (Å²) in [6.07, 6.45) is 7.24. The second-order valence-electron chi connectivity index (χ2n) is 7.61. The van der Waals surface area contributed by atoms with Gasteiger partial charge in [0, 0.05) is 29.5 Å². The Morgan fingerprint density at radius 3 is 2.92 bits per heavy atom. The summed E-state index contributed by atoms with van der Waals surface area (Å²) < 4.78 is 11.8. The van der Waals surface area contributed by atoms with Crippen LogP contribution in [0.3, 0.4) is 0 Å². The molecule has 25 heavy (non-hydrogen) atoms. The van der Waals surface area contributed by atoms with Gasteiger partial charge in [-0.2, -0.15) is 0 Å². The van der Waals surface area contributed by atoms with E-state index in [1.54, 1.807) is 0 Å². The van der Waals surface area contributed by atoms with Gasteiger partial charge >= 0.3 is 0 Å². The highest BCUT2D eigenvalue weighted by Crippen LogP contribution is 2.49. The molecule has 0 aromatic heterocycles. The van der Waals surface area contributed by atoms with Gasteiger partial charge in [0.15, 0.2) is 5.96 Å². The molecule has 3 aliphatic rings. The summed E-state index contributed by atoms with van der Waals surface area (Å²) >= 11 is 0. The molecule has 136 valence electrons. The van der Waals surface area contributed by atoms with E-state index in [0.29, 0.717) is 24.5 Å². The fourth-order valence-corrected chi connectivity index (χ4v) is 4.18. The third-order valence-electron chi connectivity index (χ3n) is 5.50. The van der Waals surface area contributed by atoms with Gasteiger partial charge in [-0.15, -0.1) is 0 Å². The molecule has 3 atom stereocenters. The van der Waals surface area contributed by atoms with Gasteiger partial charge in [-0.25, -0.2) is 4.99 Å². The molecule has 4 rings (SSSR count). The Kier molecular flexibility index (Phi) is 4.48. The predicted octanol–water partition coefficient (Wildman–Crippen LogP) is 3.11. The van der Waals surface area contributed by atoms with E-state index in [0.717, 1.165) is 24.3 Å². The van der Waals surface area contributed by atoms with Gasteiger partial charge in [-0.05, 0) is 45.2 Å². The number of nitrogens with zero attached hydrogens (tertiary/aromatic N) is 1. The quantitative estimate of drug-likeness (QED) is 0.637. The summed E-state index contributed by atoms with van der Waals surface area (Å²) in [5.74, 6) is 2.99. The zero-order valence-electron chi connectivity index (χ0n) is 15.3. The Bertz CT molecular complexity index is 667. The van der Waals surface area contributed by atoms with Crippen molar-refractivity contribution in [2.45, 2.75) is 76.5 Å². The highest BCUT2D eigenvalue weighted by molar-refractivity contribution is 5.78. The molecular weight excluding hydrogens is 314 g/mol. The third-order valence-corrected chi connectivity index (χ3v) is 5.50. The Morgan fingerprint density at radius 2 is 2.16 bits per heavy atom. The molecule has 5 nitrogen and oxygen atoms in total. The topological polar surface area (TPSA) is 68.9 Å². The molecule has 0 amide bonds. The number of aliphatic imine (C=N–C) groups is 1. The van der Waals surface area contributed by atoms with Gasteiger partial charge < -0.3 is 20.5 Å². The van der Waals surface area contributed by atoms with Crippen molar-refractivity contribution in [1.82, 2.24) is 5.32 Å². The van der Waals surface area contributed by atoms with Crippen molar-refractivity contribution in [2.24, 2.45) is 10.7 Å². The lowest BCUT2D eigenvalue weighted by molar-refractivity contribution is 0.254. The molecule has 2 saturated carbocycles. The van der Waals surface area contributed by atoms with Crippen molar-refractivity contribution in [1.29, 1.82) is 0 Å². The minimum Gasteiger partial charge on any atom is -0.494 e. The largest absolute Gasteiger partial charge is 0.494 e. The van der Waals surface area contributed by atoms with Crippen LogP contribution in [0.5, 0.6) is 11.5 Å². The van der Waals surface area contributed by atoms with E-state index in [1.165, 1.54) is 36.8 Å². The summed E-state index contributed by atoms with van der Waals surface area (Å²) in [6, 6.07) is 5.10. The summed E-state index contributed by atoms with van der Waals surface area (Å²) in [5, 5.41) is 3.38. The van der Waals surface area contributed by atoms with Gasteiger partial charge in [0.05, 0.1) is 12.6 Å². The van der Waals surface area contributed by atoms with Crippen molar-refractivity contribution in [3.8, 4) is 11.5 Å². The normalized spacial score (nSPS) is 28.6. The van der Waals surface area contributed by atoms with Crippen LogP contribution in [0.25, 0.3) is 0 Å². The maximum atomic E-state index is 6.12. The van der Waals surface area contributed by atoms with E-state index in [2.05, 4.69) is 24.4 Å². The number of fused-ring (bicyclic) bond motifs is 1. The molecule has 1 aliphatic heterocycles. The summed E-state index contributed by atoms with van der Waals surface area (Å²) in [6.45, 7) is 4.82. The number of rotatable bonds is 5. The molecule has 0 saturated heterocycles. The highest BCUT2D eigenvalue weighted by atomic mass is 16.5. The maximum absolute atomic E-state index is 6.12. The van der Waals surface area contributed by atoms with Crippen molar-refractivity contribution >= 4 is 5.96 Å². The molecule has 0 spiro atoms. The van der Waals surface area contributed by atoms with Gasteiger partial charge in [0.25, 0.3) is 0 Å². The number of guanidine groups is 1. The lowest BCUT2D eigenvalue weighted by Crippen LogP contribution is -2.38. The van der Waals surface area contributed by atoms with Crippen LogP contribution in [-0.2, 0) is 6.42 Å². The van der Waals surface area contributed by atoms with Crippen molar-refractivity contribution in [3.05, 3.63) is 23.3 Å². The van der Waals surface area contributed by atoms with Gasteiger partial charge in [0.2, 0.25) is 0 Å². The predicted molar refractivity (Wildman–Crippen MR) is 99.6 cm³/mol. The van der Waals surface area contributed by atoms with Crippen molar-refractivity contribution in [2.75, 3.05) is 6.61 Å². The fraction of sp³-hybridized carbons (Fsp3) is 0.650. The van der Waals surface area contributed by atoms with E-state index >= 15 is 0 Å². The van der Waals surface area contributed by atoms with E-state index in [4.69, 9.17) is 20.2 Å². The molecule has 2 fully saturated rings.